The summed E-state index contributed by atoms with van der Waals surface area (Å²) >= 11 is 0. The van der Waals surface area contributed by atoms with Crippen molar-refractivity contribution in [2.45, 2.75) is 0 Å². The van der Waals surface area contributed by atoms with E-state index in [2.05, 4.69) is 4.98 Å². The van der Waals surface area contributed by atoms with Gasteiger partial charge in [-0.2, -0.15) is 0 Å². The first kappa shape index (κ1) is 18.1. The highest BCUT2D eigenvalue weighted by atomic mass is 16.6. The Kier molecular flexibility index (Phi) is 4.62. The average molecular weight is 386 g/mol. The van der Waals surface area contributed by atoms with E-state index in [0.29, 0.717) is 33.7 Å². The minimum Gasteiger partial charge on any atom is -0.478 e. The third-order valence-electron chi connectivity index (χ3n) is 4.38. The summed E-state index contributed by atoms with van der Waals surface area (Å²) in [6.07, 6.45) is 3.28. The van der Waals surface area contributed by atoms with Gasteiger partial charge < -0.3 is 9.52 Å². The van der Waals surface area contributed by atoms with Crippen LogP contribution in [0.25, 0.3) is 34.4 Å². The topological polar surface area (TPSA) is 106 Å². The first-order valence-corrected chi connectivity index (χ1v) is 8.68. The fourth-order valence-electron chi connectivity index (χ4n) is 3.05. The van der Waals surface area contributed by atoms with Gasteiger partial charge in [0.2, 0.25) is 0 Å². The molecule has 7 nitrogen and oxygen atoms in total. The maximum Gasteiger partial charge on any atom is 0.336 e. The van der Waals surface area contributed by atoms with Crippen LogP contribution in [0, 0.1) is 10.1 Å². The van der Waals surface area contributed by atoms with Gasteiger partial charge in [0.05, 0.1) is 27.3 Å². The largest absolute Gasteiger partial charge is 0.478 e. The lowest BCUT2D eigenvalue weighted by Crippen LogP contribution is -2.00. The number of aromatic nitrogens is 1. The number of hydrogen-bond acceptors (Lipinski definition) is 5. The summed E-state index contributed by atoms with van der Waals surface area (Å²) in [7, 11) is 0. The van der Waals surface area contributed by atoms with Crippen molar-refractivity contribution in [3.05, 3.63) is 93.9 Å². The van der Waals surface area contributed by atoms with Gasteiger partial charge in [0.25, 0.3) is 5.69 Å². The molecule has 2 aromatic heterocycles. The molecule has 0 fully saturated rings. The van der Waals surface area contributed by atoms with Crippen molar-refractivity contribution in [2.75, 3.05) is 0 Å². The van der Waals surface area contributed by atoms with Crippen LogP contribution in [0.5, 0.6) is 0 Å². The molecule has 0 atom stereocenters. The number of para-hydroxylation sites is 2. The Labute approximate surface area is 164 Å². The van der Waals surface area contributed by atoms with E-state index in [-0.39, 0.29) is 11.3 Å². The number of hydrogen-bond donors (Lipinski definition) is 1. The van der Waals surface area contributed by atoms with Crippen LogP contribution in [0.3, 0.4) is 0 Å². The first-order valence-electron chi connectivity index (χ1n) is 8.68. The van der Waals surface area contributed by atoms with E-state index in [1.54, 1.807) is 66.7 Å². The second kappa shape index (κ2) is 7.40. The van der Waals surface area contributed by atoms with Gasteiger partial charge in [-0.15, -0.1) is 0 Å². The molecular weight excluding hydrogens is 372 g/mol. The molecule has 2 aromatic carbocycles. The number of fused-ring (bicyclic) bond motifs is 1. The van der Waals surface area contributed by atoms with E-state index in [9.17, 15) is 20.0 Å². The number of nitro benzene ring substituents is 1. The van der Waals surface area contributed by atoms with Gasteiger partial charge in [-0.3, -0.25) is 10.1 Å². The highest BCUT2D eigenvalue weighted by molar-refractivity contribution is 6.03. The normalized spacial score (nSPS) is 11.2. The number of rotatable bonds is 5. The summed E-state index contributed by atoms with van der Waals surface area (Å²) < 4.78 is 5.71. The number of nitro groups is 1. The Balaban J connectivity index is 1.68. The molecule has 0 radical (unpaired) electrons. The van der Waals surface area contributed by atoms with Gasteiger partial charge in [-0.1, -0.05) is 30.3 Å². The first-order chi connectivity index (χ1) is 14.0. The molecule has 142 valence electrons. The summed E-state index contributed by atoms with van der Waals surface area (Å²) in [5.41, 5.74) is 1.54. The Morgan fingerprint density at radius 1 is 1.03 bits per heavy atom. The zero-order chi connectivity index (χ0) is 20.4. The minimum absolute atomic E-state index is 0.0420. The predicted molar refractivity (Wildman–Crippen MR) is 108 cm³/mol. The number of benzene rings is 2. The second-order valence-electron chi connectivity index (χ2n) is 6.23. The number of pyridine rings is 1. The molecule has 7 heteroatoms. The molecular formula is C22H14N2O5. The quantitative estimate of drug-likeness (QED) is 0.370. The standard InChI is InChI=1S/C22H14N2O5/c25-22(26)18-13-14(23-19-7-3-1-5-16(18)19)9-10-15-11-12-21(29-15)17-6-2-4-8-20(17)24(27)28/h1-13H,(H,25,26). The number of aromatic carboxylic acids is 1. The maximum atomic E-state index is 11.6. The third-order valence-corrected chi connectivity index (χ3v) is 4.38. The Morgan fingerprint density at radius 3 is 2.59 bits per heavy atom. The molecule has 0 spiro atoms. The zero-order valence-electron chi connectivity index (χ0n) is 15.0. The molecule has 4 aromatic rings. The lowest BCUT2D eigenvalue weighted by Gasteiger charge is -2.03. The highest BCUT2D eigenvalue weighted by Crippen LogP contribution is 2.31. The van der Waals surface area contributed by atoms with E-state index < -0.39 is 10.9 Å². The fourth-order valence-corrected chi connectivity index (χ4v) is 3.05. The zero-order valence-corrected chi connectivity index (χ0v) is 15.0. The van der Waals surface area contributed by atoms with Crippen LogP contribution in [0.1, 0.15) is 21.8 Å². The van der Waals surface area contributed by atoms with E-state index in [1.165, 1.54) is 12.1 Å². The van der Waals surface area contributed by atoms with Crippen molar-refractivity contribution in [2.24, 2.45) is 0 Å². The number of carboxylic acid groups (broad SMARTS) is 1. The molecule has 0 aliphatic carbocycles. The van der Waals surface area contributed by atoms with E-state index in [1.807, 2.05) is 0 Å². The van der Waals surface area contributed by atoms with Crippen molar-refractivity contribution in [1.29, 1.82) is 0 Å². The molecule has 0 aliphatic heterocycles. The molecule has 0 saturated heterocycles. The average Bonchev–Trinajstić information content (AvgIpc) is 3.20. The molecule has 0 unspecified atom stereocenters. The van der Waals surface area contributed by atoms with Crippen LogP contribution in [0.2, 0.25) is 0 Å². The fraction of sp³-hybridized carbons (Fsp3) is 0. The van der Waals surface area contributed by atoms with E-state index in [4.69, 9.17) is 4.42 Å². The van der Waals surface area contributed by atoms with Crippen molar-refractivity contribution >= 4 is 34.7 Å². The summed E-state index contributed by atoms with van der Waals surface area (Å²) in [4.78, 5) is 26.8. The van der Waals surface area contributed by atoms with Crippen LogP contribution in [0.15, 0.2) is 71.1 Å². The summed E-state index contributed by atoms with van der Waals surface area (Å²) in [5, 5.41) is 21.2. The lowest BCUT2D eigenvalue weighted by atomic mass is 10.1. The van der Waals surface area contributed by atoms with Crippen LogP contribution in [-0.4, -0.2) is 21.0 Å². The lowest BCUT2D eigenvalue weighted by molar-refractivity contribution is -0.384. The highest BCUT2D eigenvalue weighted by Gasteiger charge is 2.16. The SMILES string of the molecule is O=C(O)c1cc(C=Cc2ccc(-c3ccccc3[N+](=O)[O-])o2)nc2ccccc12. The Morgan fingerprint density at radius 2 is 1.79 bits per heavy atom. The second-order valence-corrected chi connectivity index (χ2v) is 6.23. The molecule has 29 heavy (non-hydrogen) atoms. The Hall–Kier alpha value is -4.26. The summed E-state index contributed by atoms with van der Waals surface area (Å²) in [5.74, 6) is -0.199. The number of carboxylic acids is 1. The molecule has 0 amide bonds. The van der Waals surface area contributed by atoms with Crippen molar-refractivity contribution in [1.82, 2.24) is 4.98 Å². The van der Waals surface area contributed by atoms with Crippen molar-refractivity contribution in [3.63, 3.8) is 0 Å². The monoisotopic (exact) mass is 386 g/mol. The number of nitrogens with zero attached hydrogens (tertiary/aromatic N) is 2. The third kappa shape index (κ3) is 3.61. The van der Waals surface area contributed by atoms with E-state index >= 15 is 0 Å². The number of furan rings is 1. The number of carbonyl (C=O) groups is 1. The van der Waals surface area contributed by atoms with Gasteiger partial charge in [-0.05, 0) is 42.5 Å². The van der Waals surface area contributed by atoms with Crippen LogP contribution < -0.4 is 0 Å². The van der Waals surface area contributed by atoms with Crippen molar-refractivity contribution in [3.8, 4) is 11.3 Å². The molecule has 4 rings (SSSR count). The summed E-state index contributed by atoms with van der Waals surface area (Å²) in [6, 6.07) is 18.2. The van der Waals surface area contributed by atoms with Gasteiger partial charge in [0.15, 0.2) is 0 Å². The van der Waals surface area contributed by atoms with Crippen molar-refractivity contribution < 1.29 is 19.2 Å². The van der Waals surface area contributed by atoms with Crippen LogP contribution >= 0.6 is 0 Å². The molecule has 1 N–H and O–H groups in total. The maximum absolute atomic E-state index is 11.6. The van der Waals surface area contributed by atoms with Gasteiger partial charge >= 0.3 is 5.97 Å². The minimum atomic E-state index is -1.03. The molecule has 0 bridgehead atoms. The molecule has 0 aliphatic rings. The smallest absolute Gasteiger partial charge is 0.336 e. The van der Waals surface area contributed by atoms with Crippen LogP contribution in [-0.2, 0) is 0 Å². The van der Waals surface area contributed by atoms with Gasteiger partial charge in [-0.25, -0.2) is 9.78 Å². The Bertz CT molecular complexity index is 1270. The predicted octanol–water partition coefficient (Wildman–Crippen LogP) is 5.27. The molecule has 2 heterocycles. The van der Waals surface area contributed by atoms with E-state index in [0.717, 1.165) is 0 Å². The van der Waals surface area contributed by atoms with Gasteiger partial charge in [0.1, 0.15) is 11.5 Å². The van der Waals surface area contributed by atoms with Crippen LogP contribution in [0.4, 0.5) is 5.69 Å². The molecule has 0 saturated carbocycles. The van der Waals surface area contributed by atoms with Gasteiger partial charge in [0, 0.05) is 11.5 Å². The summed E-state index contributed by atoms with van der Waals surface area (Å²) in [6.45, 7) is 0.